The van der Waals surface area contributed by atoms with E-state index in [1.807, 2.05) is 19.9 Å². The number of nitrogens with one attached hydrogen (secondary N) is 2. The number of hydrogen-bond acceptors (Lipinski definition) is 6. The summed E-state index contributed by atoms with van der Waals surface area (Å²) in [5.41, 5.74) is 2.67. The van der Waals surface area contributed by atoms with Gasteiger partial charge in [-0.05, 0) is 72.9 Å². The van der Waals surface area contributed by atoms with E-state index in [9.17, 15) is 9.59 Å². The van der Waals surface area contributed by atoms with Gasteiger partial charge in [-0.3, -0.25) is 20.2 Å². The molecule has 0 bridgehead atoms. The molecule has 1 heterocycles. The van der Waals surface area contributed by atoms with Gasteiger partial charge in [0.15, 0.2) is 16.6 Å². The number of hydrogen-bond donors (Lipinski definition) is 2. The first-order valence-corrected chi connectivity index (χ1v) is 11.7. The predicted molar refractivity (Wildman–Crippen MR) is 136 cm³/mol. The third-order valence-corrected chi connectivity index (χ3v) is 5.45. The van der Waals surface area contributed by atoms with Gasteiger partial charge in [0.2, 0.25) is 0 Å². The Morgan fingerprint density at radius 1 is 1.00 bits per heavy atom. The van der Waals surface area contributed by atoms with Gasteiger partial charge in [0.25, 0.3) is 11.8 Å². The third-order valence-electron chi connectivity index (χ3n) is 4.96. The van der Waals surface area contributed by atoms with Crippen molar-refractivity contribution >= 4 is 46.8 Å². The van der Waals surface area contributed by atoms with Crippen LogP contribution in [0.5, 0.6) is 17.2 Å². The second-order valence-electron chi connectivity index (χ2n) is 7.95. The zero-order valence-corrected chi connectivity index (χ0v) is 21.1. The summed E-state index contributed by atoms with van der Waals surface area (Å²) in [6.07, 6.45) is 1.42. The van der Waals surface area contributed by atoms with Gasteiger partial charge in [-0.15, -0.1) is 0 Å². The van der Waals surface area contributed by atoms with Gasteiger partial charge >= 0.3 is 0 Å². The lowest BCUT2D eigenvalue weighted by molar-refractivity contribution is -0.123. The lowest BCUT2D eigenvalue weighted by atomic mass is 10.0. The van der Waals surface area contributed by atoms with Crippen molar-refractivity contribution in [1.82, 2.24) is 10.6 Å². The number of ether oxygens (including phenoxy) is 3. The molecule has 0 aliphatic carbocycles. The number of carbonyl (C=O) groups is 2. The van der Waals surface area contributed by atoms with Crippen molar-refractivity contribution in [3.8, 4) is 17.2 Å². The van der Waals surface area contributed by atoms with Crippen LogP contribution in [0.1, 0.15) is 43.4 Å². The Morgan fingerprint density at radius 2 is 1.68 bits per heavy atom. The molecular weight excluding hydrogens is 476 g/mol. The van der Waals surface area contributed by atoms with Crippen molar-refractivity contribution in [1.29, 1.82) is 0 Å². The van der Waals surface area contributed by atoms with Crippen molar-refractivity contribution in [2.45, 2.75) is 33.6 Å². The van der Waals surface area contributed by atoms with Crippen molar-refractivity contribution < 1.29 is 23.8 Å². The molecule has 9 heteroatoms. The van der Waals surface area contributed by atoms with Crippen LogP contribution in [-0.4, -0.2) is 36.7 Å². The molecule has 0 atom stereocenters. The van der Waals surface area contributed by atoms with Gasteiger partial charge in [0, 0.05) is 0 Å². The highest BCUT2D eigenvalue weighted by Crippen LogP contribution is 2.37. The summed E-state index contributed by atoms with van der Waals surface area (Å²) < 4.78 is 17.6. The van der Waals surface area contributed by atoms with Crippen LogP contribution >= 0.6 is 23.8 Å². The van der Waals surface area contributed by atoms with Gasteiger partial charge in [0.05, 0.1) is 11.6 Å². The number of carbonyl (C=O) groups excluding carboxylic acids is 2. The highest BCUT2D eigenvalue weighted by molar-refractivity contribution is 7.80. The summed E-state index contributed by atoms with van der Waals surface area (Å²) >= 11 is 11.3. The van der Waals surface area contributed by atoms with E-state index in [0.29, 0.717) is 36.2 Å². The molecule has 2 N–H and O–H groups in total. The van der Waals surface area contributed by atoms with Crippen molar-refractivity contribution in [2.75, 3.05) is 19.8 Å². The van der Waals surface area contributed by atoms with Crippen molar-refractivity contribution in [2.24, 2.45) is 0 Å². The molecule has 1 aliphatic heterocycles. The molecule has 7 nitrogen and oxygen atoms in total. The number of thiocarbonyl (C=S) groups is 1. The SMILES string of the molecule is CCOc1cc(C=C2C(=O)NC(=S)NC2=O)cc(Cl)c1OCCOc1cc(C)ccc1C(C)C. The van der Waals surface area contributed by atoms with Crippen LogP contribution in [0.2, 0.25) is 5.02 Å². The average molecular weight is 503 g/mol. The lowest BCUT2D eigenvalue weighted by Crippen LogP contribution is -2.51. The molecule has 0 radical (unpaired) electrons. The fourth-order valence-corrected chi connectivity index (χ4v) is 3.85. The van der Waals surface area contributed by atoms with Crippen LogP contribution in [0.15, 0.2) is 35.9 Å². The summed E-state index contributed by atoms with van der Waals surface area (Å²) in [6, 6.07) is 9.41. The van der Waals surface area contributed by atoms with E-state index in [2.05, 4.69) is 36.6 Å². The van der Waals surface area contributed by atoms with E-state index in [1.165, 1.54) is 6.08 Å². The van der Waals surface area contributed by atoms with Crippen LogP contribution < -0.4 is 24.8 Å². The first-order chi connectivity index (χ1) is 16.2. The maximum atomic E-state index is 12.1. The fourth-order valence-electron chi connectivity index (χ4n) is 3.39. The zero-order valence-electron chi connectivity index (χ0n) is 19.5. The average Bonchev–Trinajstić information content (AvgIpc) is 2.75. The van der Waals surface area contributed by atoms with Gasteiger partial charge < -0.3 is 14.2 Å². The maximum absolute atomic E-state index is 12.1. The van der Waals surface area contributed by atoms with E-state index in [1.54, 1.807) is 12.1 Å². The number of aryl methyl sites for hydroxylation is 1. The molecule has 1 saturated heterocycles. The molecule has 180 valence electrons. The molecule has 0 aromatic heterocycles. The minimum absolute atomic E-state index is 0.0302. The van der Waals surface area contributed by atoms with Gasteiger partial charge in [-0.1, -0.05) is 37.6 Å². The molecule has 3 rings (SSSR count). The van der Waals surface area contributed by atoms with E-state index in [4.69, 9.17) is 38.0 Å². The second kappa shape index (κ2) is 11.4. The largest absolute Gasteiger partial charge is 0.490 e. The van der Waals surface area contributed by atoms with E-state index < -0.39 is 11.8 Å². The topological polar surface area (TPSA) is 85.9 Å². The quantitative estimate of drug-likeness (QED) is 0.226. The summed E-state index contributed by atoms with van der Waals surface area (Å²) in [5, 5.41) is 5.05. The minimum Gasteiger partial charge on any atom is -0.490 e. The van der Waals surface area contributed by atoms with Crippen molar-refractivity contribution in [3.05, 3.63) is 57.6 Å². The summed E-state index contributed by atoms with van der Waals surface area (Å²) in [4.78, 5) is 24.3. The Morgan fingerprint density at radius 3 is 2.32 bits per heavy atom. The monoisotopic (exact) mass is 502 g/mol. The molecular formula is C25H27ClN2O5S. The Labute approximate surface area is 209 Å². The second-order valence-corrected chi connectivity index (χ2v) is 8.77. The van der Waals surface area contributed by atoms with Crippen LogP contribution in [-0.2, 0) is 9.59 Å². The van der Waals surface area contributed by atoms with E-state index >= 15 is 0 Å². The Kier molecular flexibility index (Phi) is 8.52. The normalized spacial score (nSPS) is 13.5. The smallest absolute Gasteiger partial charge is 0.263 e. The third kappa shape index (κ3) is 6.27. The van der Waals surface area contributed by atoms with Gasteiger partial charge in [-0.25, -0.2) is 0 Å². The number of amides is 2. The molecule has 0 saturated carbocycles. The van der Waals surface area contributed by atoms with Crippen LogP contribution in [0.25, 0.3) is 6.08 Å². The molecule has 0 unspecified atom stereocenters. The van der Waals surface area contributed by atoms with Crippen LogP contribution in [0, 0.1) is 6.92 Å². The highest BCUT2D eigenvalue weighted by Gasteiger charge is 2.26. The van der Waals surface area contributed by atoms with Crippen LogP contribution in [0.4, 0.5) is 0 Å². The first kappa shape index (κ1) is 25.5. The first-order valence-electron chi connectivity index (χ1n) is 10.9. The predicted octanol–water partition coefficient (Wildman–Crippen LogP) is 4.54. The minimum atomic E-state index is -0.586. The summed E-state index contributed by atoms with van der Waals surface area (Å²) in [7, 11) is 0. The molecule has 2 aromatic rings. The molecule has 0 spiro atoms. The Hall–Kier alpha value is -3.10. The van der Waals surface area contributed by atoms with Gasteiger partial charge in [0.1, 0.15) is 24.5 Å². The molecule has 1 fully saturated rings. The summed E-state index contributed by atoms with van der Waals surface area (Å²) in [6.45, 7) is 9.03. The number of benzene rings is 2. The maximum Gasteiger partial charge on any atom is 0.263 e. The molecule has 34 heavy (non-hydrogen) atoms. The van der Waals surface area contributed by atoms with Crippen LogP contribution in [0.3, 0.4) is 0 Å². The Bertz CT molecular complexity index is 1120. The number of halogens is 1. The zero-order chi connectivity index (χ0) is 24.8. The molecule has 2 aromatic carbocycles. The van der Waals surface area contributed by atoms with E-state index in [0.717, 1.165) is 16.9 Å². The van der Waals surface area contributed by atoms with Crippen molar-refractivity contribution in [3.63, 3.8) is 0 Å². The van der Waals surface area contributed by atoms with Gasteiger partial charge in [-0.2, -0.15) is 0 Å². The molecule has 1 aliphatic rings. The lowest BCUT2D eigenvalue weighted by Gasteiger charge is -2.18. The number of rotatable bonds is 9. The van der Waals surface area contributed by atoms with E-state index in [-0.39, 0.29) is 22.3 Å². The summed E-state index contributed by atoms with van der Waals surface area (Å²) in [5.74, 6) is 0.754. The standard InChI is InChI=1S/C25H27ClN2O5S/c1-5-31-21-13-16(11-18-23(29)27-25(34)28-24(18)30)12-19(26)22(21)33-9-8-32-20-10-15(4)6-7-17(20)14(2)3/h6-7,10-14H,5,8-9H2,1-4H3,(H2,27,28,29,30,34). The Balaban J connectivity index is 1.75. The molecule has 2 amide bonds. The highest BCUT2D eigenvalue weighted by atomic mass is 35.5. The fraction of sp³-hybridized carbons (Fsp3) is 0.320.